The predicted octanol–water partition coefficient (Wildman–Crippen LogP) is 2.77. The molecule has 0 saturated heterocycles. The topological polar surface area (TPSA) is 51.5 Å². The lowest BCUT2D eigenvalue weighted by molar-refractivity contribution is 0.0697. The van der Waals surface area contributed by atoms with E-state index in [-0.39, 0.29) is 0 Å². The number of carboxylic acid groups (broad SMARTS) is 1. The number of carbonyl (C=O) groups is 1. The van der Waals surface area contributed by atoms with Crippen molar-refractivity contribution in [3.63, 3.8) is 0 Å². The molecule has 4 heteroatoms. The molecule has 0 saturated carbocycles. The molecule has 0 aliphatic heterocycles. The Morgan fingerprint density at radius 2 is 2.11 bits per heavy atom. The molecule has 0 radical (unpaired) electrons. The summed E-state index contributed by atoms with van der Waals surface area (Å²) in [6, 6.07) is 5.18. The average Bonchev–Trinajstić information content (AvgIpc) is 2.76. The number of hydrogen-bond acceptors (Lipinski definition) is 2. The van der Waals surface area contributed by atoms with Crippen LogP contribution in [0.4, 0.5) is 0 Å². The number of rotatable bonds is 6. The molecule has 18 heavy (non-hydrogen) atoms. The van der Waals surface area contributed by atoms with Crippen LogP contribution in [0.5, 0.6) is 0 Å². The Kier molecular flexibility index (Phi) is 3.99. The third-order valence-corrected chi connectivity index (χ3v) is 2.85. The van der Waals surface area contributed by atoms with Crippen LogP contribution in [0, 0.1) is 0 Å². The van der Waals surface area contributed by atoms with Crippen molar-refractivity contribution in [3.05, 3.63) is 36.2 Å². The number of hydrogen-bond donors (Lipinski definition) is 1. The molecule has 2 aromatic rings. The molecule has 1 aromatic heterocycles. The zero-order valence-electron chi connectivity index (χ0n) is 10.4. The number of aryl methyl sites for hydroxylation is 1. The number of nitrogens with zero attached hydrogens (tertiary/aromatic N) is 1. The van der Waals surface area contributed by atoms with Gasteiger partial charge in [0.1, 0.15) is 0 Å². The Hall–Kier alpha value is -1.81. The maximum atomic E-state index is 10.9. The van der Waals surface area contributed by atoms with Gasteiger partial charge in [-0.25, -0.2) is 4.79 Å². The SMILES string of the molecule is CCOCCCn1cc2ccc(C(=O)O)cc2c1. The number of benzene rings is 1. The molecule has 1 N–H and O–H groups in total. The summed E-state index contributed by atoms with van der Waals surface area (Å²) in [6.07, 6.45) is 4.97. The second-order valence-corrected chi connectivity index (χ2v) is 4.20. The first kappa shape index (κ1) is 12.6. The number of aromatic nitrogens is 1. The fraction of sp³-hybridized carbons (Fsp3) is 0.357. The number of carboxylic acids is 1. The highest BCUT2D eigenvalue weighted by atomic mass is 16.5. The highest BCUT2D eigenvalue weighted by Crippen LogP contribution is 2.17. The van der Waals surface area contributed by atoms with Crippen molar-refractivity contribution in [1.29, 1.82) is 0 Å². The van der Waals surface area contributed by atoms with Gasteiger partial charge in [-0.05, 0) is 30.9 Å². The second-order valence-electron chi connectivity index (χ2n) is 4.20. The summed E-state index contributed by atoms with van der Waals surface area (Å²) in [7, 11) is 0. The molecule has 1 aromatic carbocycles. The van der Waals surface area contributed by atoms with E-state index in [9.17, 15) is 4.79 Å². The Morgan fingerprint density at radius 1 is 1.33 bits per heavy atom. The van der Waals surface area contributed by atoms with Gasteiger partial charge in [0.2, 0.25) is 0 Å². The highest BCUT2D eigenvalue weighted by molar-refractivity contribution is 5.94. The van der Waals surface area contributed by atoms with Gasteiger partial charge in [0.05, 0.1) is 5.56 Å². The Morgan fingerprint density at radius 3 is 2.83 bits per heavy atom. The summed E-state index contributed by atoms with van der Waals surface area (Å²) >= 11 is 0. The van der Waals surface area contributed by atoms with Crippen molar-refractivity contribution >= 4 is 16.7 Å². The van der Waals surface area contributed by atoms with Gasteiger partial charge in [-0.15, -0.1) is 0 Å². The highest BCUT2D eigenvalue weighted by Gasteiger charge is 2.05. The maximum absolute atomic E-state index is 10.9. The average molecular weight is 247 g/mol. The van der Waals surface area contributed by atoms with Gasteiger partial charge in [0, 0.05) is 37.5 Å². The molecule has 0 aliphatic carbocycles. The van der Waals surface area contributed by atoms with Crippen molar-refractivity contribution in [2.45, 2.75) is 19.9 Å². The third-order valence-electron chi connectivity index (χ3n) is 2.85. The fourth-order valence-corrected chi connectivity index (χ4v) is 1.95. The summed E-state index contributed by atoms with van der Waals surface area (Å²) in [4.78, 5) is 10.9. The van der Waals surface area contributed by atoms with Crippen molar-refractivity contribution in [2.24, 2.45) is 0 Å². The van der Waals surface area contributed by atoms with E-state index in [4.69, 9.17) is 9.84 Å². The summed E-state index contributed by atoms with van der Waals surface area (Å²) in [6.45, 7) is 4.37. The van der Waals surface area contributed by atoms with Crippen LogP contribution >= 0.6 is 0 Å². The number of aromatic carboxylic acids is 1. The minimum atomic E-state index is -0.888. The van der Waals surface area contributed by atoms with Crippen molar-refractivity contribution in [1.82, 2.24) is 4.57 Å². The zero-order chi connectivity index (χ0) is 13.0. The van der Waals surface area contributed by atoms with Crippen molar-refractivity contribution < 1.29 is 14.6 Å². The first-order valence-electron chi connectivity index (χ1n) is 6.11. The second kappa shape index (κ2) is 5.69. The van der Waals surface area contributed by atoms with Gasteiger partial charge >= 0.3 is 5.97 Å². The molecule has 2 rings (SSSR count). The van der Waals surface area contributed by atoms with E-state index in [1.54, 1.807) is 12.1 Å². The summed E-state index contributed by atoms with van der Waals surface area (Å²) in [5, 5.41) is 11.0. The van der Waals surface area contributed by atoms with Gasteiger partial charge in [-0.1, -0.05) is 6.07 Å². The van der Waals surface area contributed by atoms with Crippen molar-refractivity contribution in [2.75, 3.05) is 13.2 Å². The van der Waals surface area contributed by atoms with Crippen LogP contribution < -0.4 is 0 Å². The zero-order valence-corrected chi connectivity index (χ0v) is 10.4. The standard InChI is InChI=1S/C14H17NO3/c1-2-18-7-3-6-15-9-12-5-4-11(14(16)17)8-13(12)10-15/h4-5,8-10H,2-3,6-7H2,1H3,(H,16,17). The molecule has 4 nitrogen and oxygen atoms in total. The normalized spacial score (nSPS) is 10.9. The lowest BCUT2D eigenvalue weighted by atomic mass is 10.1. The van der Waals surface area contributed by atoms with Crippen LogP contribution in [0.25, 0.3) is 10.8 Å². The maximum Gasteiger partial charge on any atom is 0.335 e. The van der Waals surface area contributed by atoms with Gasteiger partial charge in [0.25, 0.3) is 0 Å². The molecule has 0 aliphatic rings. The lowest BCUT2D eigenvalue weighted by Gasteiger charge is -2.02. The lowest BCUT2D eigenvalue weighted by Crippen LogP contribution is -2.00. The Bertz CT molecular complexity index is 545. The minimum Gasteiger partial charge on any atom is -0.478 e. The predicted molar refractivity (Wildman–Crippen MR) is 70.0 cm³/mol. The van der Waals surface area contributed by atoms with Crippen LogP contribution in [-0.2, 0) is 11.3 Å². The van der Waals surface area contributed by atoms with E-state index in [0.29, 0.717) is 5.56 Å². The Balaban J connectivity index is 2.09. The van der Waals surface area contributed by atoms with Gasteiger partial charge < -0.3 is 14.4 Å². The molecule has 0 unspecified atom stereocenters. The van der Waals surface area contributed by atoms with Crippen LogP contribution in [-0.4, -0.2) is 28.9 Å². The molecule has 0 atom stereocenters. The van der Waals surface area contributed by atoms with E-state index < -0.39 is 5.97 Å². The van der Waals surface area contributed by atoms with Gasteiger partial charge in [0.15, 0.2) is 0 Å². The first-order chi connectivity index (χ1) is 8.70. The van der Waals surface area contributed by atoms with Crippen LogP contribution in [0.15, 0.2) is 30.6 Å². The largest absolute Gasteiger partial charge is 0.478 e. The van der Waals surface area contributed by atoms with Gasteiger partial charge in [-0.3, -0.25) is 0 Å². The molecule has 0 amide bonds. The molecule has 0 bridgehead atoms. The third kappa shape index (κ3) is 2.90. The van der Waals surface area contributed by atoms with Crippen LogP contribution in [0.3, 0.4) is 0 Å². The Labute approximate surface area is 106 Å². The van der Waals surface area contributed by atoms with E-state index in [1.165, 1.54) is 0 Å². The molecule has 0 fully saturated rings. The van der Waals surface area contributed by atoms with Crippen LogP contribution in [0.1, 0.15) is 23.7 Å². The molecular weight excluding hydrogens is 230 g/mol. The fourth-order valence-electron chi connectivity index (χ4n) is 1.95. The molecule has 0 spiro atoms. The summed E-state index contributed by atoms with van der Waals surface area (Å²) in [5.41, 5.74) is 0.328. The molecule has 1 heterocycles. The van der Waals surface area contributed by atoms with E-state index >= 15 is 0 Å². The number of ether oxygens (including phenoxy) is 1. The van der Waals surface area contributed by atoms with Crippen LogP contribution in [0.2, 0.25) is 0 Å². The monoisotopic (exact) mass is 247 g/mol. The summed E-state index contributed by atoms with van der Waals surface area (Å²) in [5.74, 6) is -0.888. The van der Waals surface area contributed by atoms with Gasteiger partial charge in [-0.2, -0.15) is 0 Å². The van der Waals surface area contributed by atoms with Crippen molar-refractivity contribution in [3.8, 4) is 0 Å². The van der Waals surface area contributed by atoms with E-state index in [2.05, 4.69) is 4.57 Å². The quantitative estimate of drug-likeness (QED) is 0.798. The number of fused-ring (bicyclic) bond motifs is 1. The minimum absolute atomic E-state index is 0.328. The van der Waals surface area contributed by atoms with E-state index in [0.717, 1.165) is 37.0 Å². The smallest absolute Gasteiger partial charge is 0.335 e. The first-order valence-corrected chi connectivity index (χ1v) is 6.11. The molecule has 96 valence electrons. The molecular formula is C14H17NO3. The van der Waals surface area contributed by atoms with E-state index in [1.807, 2.05) is 25.4 Å². The summed E-state index contributed by atoms with van der Waals surface area (Å²) < 4.78 is 7.37.